The number of likely N-dealkylation sites (N-methyl/N-ethyl adjacent to an activating group) is 1. The lowest BCUT2D eigenvalue weighted by atomic mass is 10.0. The first-order valence-corrected chi connectivity index (χ1v) is 17.0. The lowest BCUT2D eigenvalue weighted by Crippen LogP contribution is -2.50. The molecule has 282 valence electrons. The summed E-state index contributed by atoms with van der Waals surface area (Å²) in [5, 5.41) is 3.17. The first-order valence-electron chi connectivity index (χ1n) is 16.6. The number of carbonyl (C=O) groups is 5. The zero-order chi connectivity index (χ0) is 39.8. The predicted molar refractivity (Wildman–Crippen MR) is 201 cm³/mol. The molecule has 2 aromatic heterocycles. The molecule has 2 aromatic carbocycles. The van der Waals surface area contributed by atoms with Crippen molar-refractivity contribution in [1.82, 2.24) is 31.0 Å². The van der Waals surface area contributed by atoms with Crippen LogP contribution in [0.1, 0.15) is 73.4 Å². The van der Waals surface area contributed by atoms with Gasteiger partial charge in [0.25, 0.3) is 11.8 Å². The summed E-state index contributed by atoms with van der Waals surface area (Å²) in [5.74, 6) is 4.29. The quantitative estimate of drug-likeness (QED) is 0.0923. The minimum absolute atomic E-state index is 0.189. The van der Waals surface area contributed by atoms with Gasteiger partial charge in [-0.2, -0.15) is 0 Å². The number of hydrogen-bond acceptors (Lipinski definition) is 10. The van der Waals surface area contributed by atoms with Gasteiger partial charge >= 0.3 is 18.2 Å². The second kappa shape index (κ2) is 17.1. The monoisotopic (exact) mass is 756 g/mol. The van der Waals surface area contributed by atoms with E-state index in [0.29, 0.717) is 33.3 Å². The fraction of sp³-hybridized carbons (Fsp3) is 0.308. The van der Waals surface area contributed by atoms with Gasteiger partial charge in [0, 0.05) is 47.1 Å². The van der Waals surface area contributed by atoms with Crippen LogP contribution in [0.25, 0.3) is 22.2 Å². The highest BCUT2D eigenvalue weighted by atomic mass is 35.5. The maximum atomic E-state index is 13.2. The van der Waals surface area contributed by atoms with E-state index >= 15 is 0 Å². The van der Waals surface area contributed by atoms with Gasteiger partial charge in [-0.15, -0.1) is 0 Å². The zero-order valence-corrected chi connectivity index (χ0v) is 31.9. The molecule has 0 saturated heterocycles. The van der Waals surface area contributed by atoms with E-state index in [0.717, 1.165) is 0 Å². The molecule has 4 amide bonds. The van der Waals surface area contributed by atoms with Crippen molar-refractivity contribution in [3.8, 4) is 23.1 Å². The van der Waals surface area contributed by atoms with Crippen LogP contribution in [0.4, 0.5) is 9.59 Å². The number of rotatable bonds is 7. The molecule has 14 nitrogen and oxygen atoms in total. The number of hydrogen-bond donors (Lipinski definition) is 3. The van der Waals surface area contributed by atoms with E-state index in [2.05, 4.69) is 33.0 Å². The average Bonchev–Trinajstić information content (AvgIpc) is 3.10. The number of halogens is 1. The van der Waals surface area contributed by atoms with Crippen molar-refractivity contribution in [1.29, 1.82) is 0 Å². The first kappa shape index (κ1) is 40.6. The molecule has 4 rings (SSSR count). The average molecular weight is 757 g/mol. The topological polar surface area (TPSA) is 178 Å². The fourth-order valence-electron chi connectivity index (χ4n) is 4.84. The second-order valence-electron chi connectivity index (χ2n) is 14.0. The summed E-state index contributed by atoms with van der Waals surface area (Å²) >= 11 is 6.52. The number of amides is 4. The van der Waals surface area contributed by atoms with Crippen molar-refractivity contribution >= 4 is 52.5 Å². The molecule has 1 atom stereocenters. The van der Waals surface area contributed by atoms with Crippen molar-refractivity contribution in [2.45, 2.75) is 58.8 Å². The van der Waals surface area contributed by atoms with Gasteiger partial charge in [0.05, 0.1) is 35.5 Å². The standard InChI is InChI=1S/C39H41ClN6O8/c1-38(2,3)53-36(50)43-32(35(49)52-8)22-46(7)34(48)26-16-15-24(29(40)19-26)12-9-23-10-13-25(14-11-23)31-20-27(28-21-41-18-17-30(28)42-31)33(47)44-45-37(51)54-39(4,5)6/h10-11,13-21,32H,22H2,1-8H3,(H,43,50)(H,44,47)(H,45,51). The van der Waals surface area contributed by atoms with Gasteiger partial charge in [0.2, 0.25) is 0 Å². The van der Waals surface area contributed by atoms with Gasteiger partial charge in [-0.25, -0.2) is 24.8 Å². The van der Waals surface area contributed by atoms with E-state index in [1.807, 2.05) is 0 Å². The lowest BCUT2D eigenvalue weighted by Gasteiger charge is -2.25. The Morgan fingerprint density at radius 3 is 2.17 bits per heavy atom. The van der Waals surface area contributed by atoms with E-state index in [4.69, 9.17) is 30.8 Å². The second-order valence-corrected chi connectivity index (χ2v) is 14.4. The maximum Gasteiger partial charge on any atom is 0.426 e. The molecule has 3 N–H and O–H groups in total. The van der Waals surface area contributed by atoms with E-state index in [-0.39, 0.29) is 22.7 Å². The number of nitrogens with zero attached hydrogens (tertiary/aromatic N) is 3. The number of alkyl carbamates (subject to hydrolysis) is 1. The van der Waals surface area contributed by atoms with Crippen LogP contribution in [-0.4, -0.2) is 82.8 Å². The molecule has 0 bridgehead atoms. The first-order chi connectivity index (χ1) is 25.3. The lowest BCUT2D eigenvalue weighted by molar-refractivity contribution is -0.143. The summed E-state index contributed by atoms with van der Waals surface area (Å²) in [4.78, 5) is 73.1. The molecular weight excluding hydrogens is 716 g/mol. The number of fused-ring (bicyclic) bond motifs is 1. The van der Waals surface area contributed by atoms with Gasteiger partial charge < -0.3 is 24.4 Å². The van der Waals surface area contributed by atoms with Crippen LogP contribution in [0.15, 0.2) is 67.0 Å². The number of methoxy groups -OCH3 is 1. The van der Waals surface area contributed by atoms with Crippen LogP contribution in [0.2, 0.25) is 5.02 Å². The van der Waals surface area contributed by atoms with Crippen LogP contribution >= 0.6 is 11.6 Å². The molecule has 0 aliphatic carbocycles. The van der Waals surface area contributed by atoms with E-state index in [9.17, 15) is 24.0 Å². The van der Waals surface area contributed by atoms with Crippen molar-refractivity contribution in [2.75, 3.05) is 20.7 Å². The Morgan fingerprint density at radius 2 is 1.54 bits per heavy atom. The van der Waals surface area contributed by atoms with Gasteiger partial charge in [-0.05, 0) is 84.0 Å². The van der Waals surface area contributed by atoms with Crippen molar-refractivity contribution in [3.05, 3.63) is 94.3 Å². The molecule has 15 heteroatoms. The summed E-state index contributed by atoms with van der Waals surface area (Å²) in [7, 11) is 2.65. The normalized spacial score (nSPS) is 11.6. The van der Waals surface area contributed by atoms with Crippen LogP contribution in [0, 0.1) is 11.8 Å². The molecule has 54 heavy (non-hydrogen) atoms. The van der Waals surface area contributed by atoms with E-state index in [1.54, 1.807) is 96.3 Å². The molecule has 0 aliphatic heterocycles. The van der Waals surface area contributed by atoms with Crippen molar-refractivity contribution in [3.63, 3.8) is 0 Å². The van der Waals surface area contributed by atoms with E-state index in [1.165, 1.54) is 31.3 Å². The number of pyridine rings is 2. The predicted octanol–water partition coefficient (Wildman–Crippen LogP) is 5.66. The molecule has 0 saturated carbocycles. The van der Waals surface area contributed by atoms with Crippen molar-refractivity contribution < 1.29 is 38.2 Å². The summed E-state index contributed by atoms with van der Waals surface area (Å²) in [6.45, 7) is 9.99. The van der Waals surface area contributed by atoms with Crippen LogP contribution in [0.3, 0.4) is 0 Å². The smallest absolute Gasteiger partial charge is 0.426 e. The Bertz CT molecular complexity index is 2130. The molecule has 0 fully saturated rings. The number of benzene rings is 2. The minimum atomic E-state index is -1.17. The third-order valence-electron chi connectivity index (χ3n) is 7.25. The number of aromatic nitrogens is 2. The minimum Gasteiger partial charge on any atom is -0.467 e. The molecule has 2 heterocycles. The summed E-state index contributed by atoms with van der Waals surface area (Å²) in [5.41, 5.74) is 6.44. The van der Waals surface area contributed by atoms with E-state index < -0.39 is 47.2 Å². The number of esters is 1. The van der Waals surface area contributed by atoms with Gasteiger partial charge in [0.1, 0.15) is 17.2 Å². The third kappa shape index (κ3) is 11.4. The molecular formula is C39H41ClN6O8. The molecule has 0 radical (unpaired) electrons. The molecule has 1 unspecified atom stereocenters. The van der Waals surface area contributed by atoms with Gasteiger partial charge in [0.15, 0.2) is 0 Å². The number of nitrogens with one attached hydrogen (secondary N) is 3. The highest BCUT2D eigenvalue weighted by Crippen LogP contribution is 2.25. The molecule has 0 spiro atoms. The van der Waals surface area contributed by atoms with Crippen molar-refractivity contribution in [2.24, 2.45) is 0 Å². The molecule has 4 aromatic rings. The van der Waals surface area contributed by atoms with Gasteiger partial charge in [-0.1, -0.05) is 35.6 Å². The van der Waals surface area contributed by atoms with Crippen LogP contribution in [0.5, 0.6) is 0 Å². The van der Waals surface area contributed by atoms with Gasteiger partial charge in [-0.3, -0.25) is 20.0 Å². The highest BCUT2D eigenvalue weighted by molar-refractivity contribution is 6.32. The third-order valence-corrected chi connectivity index (χ3v) is 7.56. The Labute approximate surface area is 317 Å². The highest BCUT2D eigenvalue weighted by Gasteiger charge is 2.28. The Balaban J connectivity index is 1.47. The molecule has 0 aliphatic rings. The fourth-order valence-corrected chi connectivity index (χ4v) is 5.07. The Hall–Kier alpha value is -6.20. The van der Waals surface area contributed by atoms with Crippen LogP contribution in [-0.2, 0) is 19.0 Å². The summed E-state index contributed by atoms with van der Waals surface area (Å²) in [6.07, 6.45) is 1.45. The number of ether oxygens (including phenoxy) is 3. The number of carbonyl (C=O) groups excluding carboxylic acids is 5. The maximum absolute atomic E-state index is 13.2. The zero-order valence-electron chi connectivity index (χ0n) is 31.1. The summed E-state index contributed by atoms with van der Waals surface area (Å²) in [6, 6.07) is 13.9. The SMILES string of the molecule is COC(=O)C(CN(C)C(=O)c1ccc(C#Cc2ccc(-c3cc(C(=O)NNC(=O)OC(C)(C)C)c4cnccc4n3)cc2)c(Cl)c1)NC(=O)OC(C)(C)C. The number of hydrazine groups is 1. The Kier molecular flexibility index (Phi) is 12.8. The van der Waals surface area contributed by atoms with Crippen LogP contribution < -0.4 is 16.2 Å². The Morgan fingerprint density at radius 1 is 0.870 bits per heavy atom. The largest absolute Gasteiger partial charge is 0.467 e. The summed E-state index contributed by atoms with van der Waals surface area (Å²) < 4.78 is 15.2.